The number of likely N-dealkylation sites (tertiary alicyclic amines) is 1. The molecular weight excluding hydrogens is 344 g/mol. The summed E-state index contributed by atoms with van der Waals surface area (Å²) < 4.78 is 16.7. The minimum Gasteiger partial charge on any atom is -0.497 e. The first-order valence-electron chi connectivity index (χ1n) is 9.88. The van der Waals surface area contributed by atoms with Gasteiger partial charge < -0.3 is 24.4 Å². The summed E-state index contributed by atoms with van der Waals surface area (Å²) in [6, 6.07) is 6.07. The summed E-state index contributed by atoms with van der Waals surface area (Å²) in [5, 5.41) is 3.32. The van der Waals surface area contributed by atoms with Crippen LogP contribution in [0.4, 0.5) is 4.79 Å². The zero-order valence-corrected chi connectivity index (χ0v) is 16.7. The molecule has 2 heterocycles. The molecule has 0 unspecified atom stereocenters. The average Bonchev–Trinajstić information content (AvgIpc) is 3.33. The highest BCUT2D eigenvalue weighted by Gasteiger charge is 2.60. The van der Waals surface area contributed by atoms with Crippen molar-refractivity contribution in [2.75, 3.05) is 27.4 Å². The topological polar surface area (TPSA) is 60.0 Å². The van der Waals surface area contributed by atoms with Crippen molar-refractivity contribution in [1.82, 2.24) is 10.2 Å². The van der Waals surface area contributed by atoms with Crippen LogP contribution in [0.25, 0.3) is 0 Å². The van der Waals surface area contributed by atoms with Gasteiger partial charge in [-0.15, -0.1) is 0 Å². The van der Waals surface area contributed by atoms with Gasteiger partial charge >= 0.3 is 6.03 Å². The normalized spacial score (nSPS) is 31.2. The molecule has 1 N–H and O–H groups in total. The summed E-state index contributed by atoms with van der Waals surface area (Å²) in [6.45, 7) is 5.96. The van der Waals surface area contributed by atoms with Gasteiger partial charge in [0.2, 0.25) is 0 Å². The number of rotatable bonds is 4. The van der Waals surface area contributed by atoms with Crippen LogP contribution in [0.1, 0.15) is 44.7 Å². The van der Waals surface area contributed by atoms with Gasteiger partial charge in [0, 0.05) is 42.2 Å². The average molecular weight is 374 g/mol. The van der Waals surface area contributed by atoms with Crippen molar-refractivity contribution >= 4 is 6.03 Å². The Labute approximate surface area is 161 Å². The van der Waals surface area contributed by atoms with E-state index in [1.54, 1.807) is 14.2 Å². The molecule has 2 saturated heterocycles. The molecule has 0 spiro atoms. The summed E-state index contributed by atoms with van der Waals surface area (Å²) in [5.74, 6) is 1.97. The quantitative estimate of drug-likeness (QED) is 0.878. The molecule has 3 aliphatic rings. The van der Waals surface area contributed by atoms with E-state index in [0.29, 0.717) is 5.92 Å². The predicted octanol–water partition coefficient (Wildman–Crippen LogP) is 3.36. The van der Waals surface area contributed by atoms with Crippen LogP contribution in [0.5, 0.6) is 11.5 Å². The molecule has 2 aliphatic heterocycles. The van der Waals surface area contributed by atoms with Gasteiger partial charge in [0.05, 0.1) is 26.4 Å². The van der Waals surface area contributed by atoms with Crippen molar-refractivity contribution in [2.24, 2.45) is 11.3 Å². The summed E-state index contributed by atoms with van der Waals surface area (Å²) in [4.78, 5) is 15.1. The van der Waals surface area contributed by atoms with Crippen molar-refractivity contribution in [2.45, 2.75) is 51.3 Å². The summed E-state index contributed by atoms with van der Waals surface area (Å²) in [5.41, 5.74) is 1.03. The van der Waals surface area contributed by atoms with E-state index in [9.17, 15) is 4.79 Å². The van der Waals surface area contributed by atoms with Crippen molar-refractivity contribution < 1.29 is 19.0 Å². The van der Waals surface area contributed by atoms with Crippen LogP contribution < -0.4 is 14.8 Å². The lowest BCUT2D eigenvalue weighted by Crippen LogP contribution is -2.67. The zero-order chi connectivity index (χ0) is 19.2. The molecule has 4 atom stereocenters. The maximum absolute atomic E-state index is 13.1. The van der Waals surface area contributed by atoms with Gasteiger partial charge in [-0.3, -0.25) is 0 Å². The number of methoxy groups -OCH3 is 2. The Bertz CT molecular complexity index is 720. The third kappa shape index (κ3) is 2.94. The number of carbonyl (C=O) groups is 1. The molecule has 1 aliphatic carbocycles. The molecule has 1 saturated carbocycles. The second kappa shape index (κ2) is 6.89. The fourth-order valence-corrected chi connectivity index (χ4v) is 5.26. The smallest absolute Gasteiger partial charge is 0.318 e. The van der Waals surface area contributed by atoms with Crippen molar-refractivity contribution in [3.05, 3.63) is 23.8 Å². The molecule has 3 fully saturated rings. The van der Waals surface area contributed by atoms with Gasteiger partial charge in [-0.1, -0.05) is 13.8 Å². The molecule has 1 aromatic carbocycles. The van der Waals surface area contributed by atoms with Gasteiger partial charge in [0.1, 0.15) is 11.5 Å². The molecule has 0 bridgehead atoms. The van der Waals surface area contributed by atoms with Crippen molar-refractivity contribution in [1.29, 1.82) is 0 Å². The van der Waals surface area contributed by atoms with Crippen LogP contribution in [-0.4, -0.2) is 50.4 Å². The van der Waals surface area contributed by atoms with Gasteiger partial charge in [-0.25, -0.2) is 4.79 Å². The molecule has 1 aromatic rings. The van der Waals surface area contributed by atoms with E-state index in [1.807, 2.05) is 23.1 Å². The number of urea groups is 1. The molecule has 2 amide bonds. The van der Waals surface area contributed by atoms with Crippen molar-refractivity contribution in [3.8, 4) is 11.5 Å². The Kier molecular flexibility index (Phi) is 4.70. The Morgan fingerprint density at radius 2 is 2.07 bits per heavy atom. The lowest BCUT2D eigenvalue weighted by Gasteiger charge is -2.54. The zero-order valence-electron chi connectivity index (χ0n) is 16.7. The monoisotopic (exact) mass is 374 g/mol. The van der Waals surface area contributed by atoms with Gasteiger partial charge in [0.25, 0.3) is 0 Å². The molecule has 4 rings (SSSR count). The molecular formula is C21H30N2O4. The number of benzene rings is 1. The number of nitrogens with one attached hydrogen (secondary N) is 1. The number of hydrogen-bond acceptors (Lipinski definition) is 4. The molecule has 27 heavy (non-hydrogen) atoms. The Morgan fingerprint density at radius 3 is 2.81 bits per heavy atom. The summed E-state index contributed by atoms with van der Waals surface area (Å²) in [7, 11) is 3.30. The maximum atomic E-state index is 13.1. The fourth-order valence-electron chi connectivity index (χ4n) is 5.26. The van der Waals surface area contributed by atoms with Crippen LogP contribution >= 0.6 is 0 Å². The van der Waals surface area contributed by atoms with E-state index < -0.39 is 0 Å². The summed E-state index contributed by atoms with van der Waals surface area (Å²) >= 11 is 0. The van der Waals surface area contributed by atoms with Gasteiger partial charge in [0.15, 0.2) is 0 Å². The predicted molar refractivity (Wildman–Crippen MR) is 102 cm³/mol. The highest BCUT2D eigenvalue weighted by molar-refractivity contribution is 5.76. The Balaban J connectivity index is 1.51. The molecule has 148 valence electrons. The lowest BCUT2D eigenvalue weighted by molar-refractivity contribution is -0.109. The number of amides is 2. The van der Waals surface area contributed by atoms with Crippen LogP contribution in [-0.2, 0) is 4.74 Å². The minimum absolute atomic E-state index is 0.0101. The third-order valence-corrected chi connectivity index (χ3v) is 6.69. The lowest BCUT2D eigenvalue weighted by atomic mass is 9.57. The number of nitrogens with zero attached hydrogens (tertiary/aromatic N) is 1. The van der Waals surface area contributed by atoms with E-state index in [-0.39, 0.29) is 29.6 Å². The third-order valence-electron chi connectivity index (χ3n) is 6.69. The molecule has 6 nitrogen and oxygen atoms in total. The van der Waals surface area contributed by atoms with Crippen LogP contribution in [0.2, 0.25) is 0 Å². The van der Waals surface area contributed by atoms with E-state index in [1.165, 1.54) is 0 Å². The first-order chi connectivity index (χ1) is 13.0. The van der Waals surface area contributed by atoms with E-state index in [4.69, 9.17) is 14.2 Å². The SMILES string of the molecule is COc1ccc([C@@H]2CCCN2C(=O)N[C@@H]2[C@@H]3CCO[C@@H]3C2(C)C)c(OC)c1. The van der Waals surface area contributed by atoms with Gasteiger partial charge in [-0.05, 0) is 31.4 Å². The second-order valence-corrected chi connectivity index (χ2v) is 8.45. The molecule has 0 aromatic heterocycles. The first-order valence-corrected chi connectivity index (χ1v) is 9.88. The maximum Gasteiger partial charge on any atom is 0.318 e. The number of fused-ring (bicyclic) bond motifs is 1. The van der Waals surface area contributed by atoms with Gasteiger partial charge in [-0.2, -0.15) is 0 Å². The van der Waals surface area contributed by atoms with E-state index in [2.05, 4.69) is 19.2 Å². The van der Waals surface area contributed by atoms with Crippen molar-refractivity contribution in [3.63, 3.8) is 0 Å². The number of ether oxygens (including phenoxy) is 3. The second-order valence-electron chi connectivity index (χ2n) is 8.45. The summed E-state index contributed by atoms with van der Waals surface area (Å²) in [6.07, 6.45) is 3.25. The Morgan fingerprint density at radius 1 is 1.26 bits per heavy atom. The van der Waals surface area contributed by atoms with E-state index in [0.717, 1.165) is 49.5 Å². The number of carbonyl (C=O) groups excluding carboxylic acids is 1. The van der Waals surface area contributed by atoms with Crippen LogP contribution in [0, 0.1) is 11.3 Å². The highest BCUT2D eigenvalue weighted by Crippen LogP contribution is 2.52. The molecule has 0 radical (unpaired) electrons. The molecule has 6 heteroatoms. The van der Waals surface area contributed by atoms with Crippen LogP contribution in [0.3, 0.4) is 0 Å². The first kappa shape index (κ1) is 18.4. The van der Waals surface area contributed by atoms with E-state index >= 15 is 0 Å². The van der Waals surface area contributed by atoms with Crippen LogP contribution in [0.15, 0.2) is 18.2 Å². The highest BCUT2D eigenvalue weighted by atomic mass is 16.5. The minimum atomic E-state index is -0.0101. The Hall–Kier alpha value is -1.95. The standard InChI is InChI=1S/C21H30N2O4/c1-21(2)18(15-9-11-27-19(15)21)22-20(24)23-10-5-6-16(23)14-8-7-13(25-3)12-17(14)26-4/h7-8,12,15-16,18-19H,5-6,9-11H2,1-4H3,(H,22,24)/t15-,16-,18+,19-/m0/s1. The fraction of sp³-hybridized carbons (Fsp3) is 0.667. The number of hydrogen-bond donors (Lipinski definition) is 1. The largest absolute Gasteiger partial charge is 0.497 e.